The second kappa shape index (κ2) is 9.74. The Hall–Kier alpha value is -3.85. The van der Waals surface area contributed by atoms with E-state index >= 15 is 0 Å². The Balaban J connectivity index is 1.70. The molecule has 8 nitrogen and oxygen atoms in total. The van der Waals surface area contributed by atoms with Crippen molar-refractivity contribution in [3.63, 3.8) is 0 Å². The van der Waals surface area contributed by atoms with Gasteiger partial charge in [0.1, 0.15) is 22.7 Å². The zero-order valence-corrected chi connectivity index (χ0v) is 19.1. The molecular weight excluding hydrogens is 442 g/mol. The van der Waals surface area contributed by atoms with Crippen LogP contribution >= 0.6 is 11.3 Å². The maximum atomic E-state index is 13.3. The molecule has 2 aromatic heterocycles. The molecule has 0 atom stereocenters. The summed E-state index contributed by atoms with van der Waals surface area (Å²) in [5.74, 6) is 0.771. The summed E-state index contributed by atoms with van der Waals surface area (Å²) in [4.78, 5) is 39.2. The van der Waals surface area contributed by atoms with Gasteiger partial charge in [0.25, 0.3) is 5.56 Å². The number of carbonyl (C=O) groups is 1. The van der Waals surface area contributed by atoms with E-state index in [0.29, 0.717) is 34.0 Å². The quantitative estimate of drug-likeness (QED) is 0.431. The van der Waals surface area contributed by atoms with Crippen molar-refractivity contribution in [2.24, 2.45) is 0 Å². The van der Waals surface area contributed by atoms with Gasteiger partial charge in [0.05, 0.1) is 31.5 Å². The molecule has 170 valence electrons. The fourth-order valence-electron chi connectivity index (χ4n) is 3.59. The molecule has 2 aromatic carbocycles. The number of fused-ring (bicyclic) bond motifs is 1. The number of nitrogens with zero attached hydrogens (tertiary/aromatic N) is 2. The van der Waals surface area contributed by atoms with Gasteiger partial charge in [-0.05, 0) is 48.2 Å². The second-order valence-electron chi connectivity index (χ2n) is 7.22. The highest BCUT2D eigenvalue weighted by Gasteiger charge is 2.17. The molecule has 2 heterocycles. The van der Waals surface area contributed by atoms with Gasteiger partial charge in [0, 0.05) is 0 Å². The minimum atomic E-state index is -0.553. The monoisotopic (exact) mass is 465 g/mol. The molecule has 0 spiro atoms. The lowest BCUT2D eigenvalue weighted by Gasteiger charge is -2.14. The lowest BCUT2D eigenvalue weighted by Crippen LogP contribution is -2.41. The molecule has 9 heteroatoms. The summed E-state index contributed by atoms with van der Waals surface area (Å²) in [6, 6.07) is 16.0. The number of carbonyl (C=O) groups excluding carboxylic acids is 1. The Morgan fingerprint density at radius 1 is 1.06 bits per heavy atom. The predicted molar refractivity (Wildman–Crippen MR) is 129 cm³/mol. The van der Waals surface area contributed by atoms with Crippen LogP contribution in [0, 0.1) is 0 Å². The minimum Gasteiger partial charge on any atom is -0.495 e. The van der Waals surface area contributed by atoms with Crippen LogP contribution in [0.3, 0.4) is 0 Å². The molecule has 0 bridgehead atoms. The summed E-state index contributed by atoms with van der Waals surface area (Å²) in [5, 5.41) is 4.51. The largest absolute Gasteiger partial charge is 0.495 e. The van der Waals surface area contributed by atoms with Gasteiger partial charge in [-0.3, -0.25) is 18.7 Å². The Morgan fingerprint density at radius 3 is 2.67 bits per heavy atom. The molecule has 1 amide bonds. The van der Waals surface area contributed by atoms with E-state index in [1.54, 1.807) is 41.8 Å². The SMILES string of the molecule is CCOc1cccc(Cn2c(=O)c3sccc3n(CC(=O)Nc3ccccc3OC)c2=O)c1. The van der Waals surface area contributed by atoms with E-state index in [0.717, 1.165) is 10.1 Å². The van der Waals surface area contributed by atoms with Gasteiger partial charge in [-0.25, -0.2) is 4.79 Å². The number of hydrogen-bond donors (Lipinski definition) is 1. The van der Waals surface area contributed by atoms with Crippen LogP contribution in [-0.2, 0) is 17.9 Å². The van der Waals surface area contributed by atoms with Gasteiger partial charge >= 0.3 is 5.69 Å². The molecule has 4 aromatic rings. The molecule has 0 unspecified atom stereocenters. The maximum absolute atomic E-state index is 13.3. The molecule has 4 rings (SSSR count). The number of anilines is 1. The number of aromatic nitrogens is 2. The first-order valence-electron chi connectivity index (χ1n) is 10.4. The average Bonchev–Trinajstić information content (AvgIpc) is 3.30. The van der Waals surface area contributed by atoms with E-state index in [2.05, 4.69) is 5.32 Å². The number of methoxy groups -OCH3 is 1. The van der Waals surface area contributed by atoms with Crippen LogP contribution in [0.2, 0.25) is 0 Å². The molecule has 0 fully saturated rings. The first-order valence-corrected chi connectivity index (χ1v) is 11.2. The molecule has 0 radical (unpaired) electrons. The Morgan fingerprint density at radius 2 is 1.88 bits per heavy atom. The van der Waals surface area contributed by atoms with Crippen molar-refractivity contribution >= 4 is 33.1 Å². The van der Waals surface area contributed by atoms with Crippen molar-refractivity contribution in [2.75, 3.05) is 19.0 Å². The number of rotatable bonds is 8. The van der Waals surface area contributed by atoms with Gasteiger partial charge in [-0.1, -0.05) is 24.3 Å². The number of benzene rings is 2. The molecule has 33 heavy (non-hydrogen) atoms. The second-order valence-corrected chi connectivity index (χ2v) is 8.14. The number of thiophene rings is 1. The third kappa shape index (κ3) is 4.68. The number of para-hydroxylation sites is 2. The summed E-state index contributed by atoms with van der Waals surface area (Å²) in [6.07, 6.45) is 0. The Labute approximate surface area is 193 Å². The first kappa shape index (κ1) is 22.3. The Kier molecular flexibility index (Phi) is 6.60. The molecular formula is C24H23N3O5S. The zero-order chi connectivity index (χ0) is 23.4. The highest BCUT2D eigenvalue weighted by molar-refractivity contribution is 7.17. The summed E-state index contributed by atoms with van der Waals surface area (Å²) in [6.45, 7) is 2.22. The predicted octanol–water partition coefficient (Wildman–Crippen LogP) is 3.32. The van der Waals surface area contributed by atoms with E-state index in [1.807, 2.05) is 25.1 Å². The summed E-state index contributed by atoms with van der Waals surface area (Å²) < 4.78 is 13.7. The number of hydrogen-bond acceptors (Lipinski definition) is 6. The van der Waals surface area contributed by atoms with Gasteiger partial charge in [0.15, 0.2) is 0 Å². The van der Waals surface area contributed by atoms with E-state index in [9.17, 15) is 14.4 Å². The highest BCUT2D eigenvalue weighted by atomic mass is 32.1. The summed E-state index contributed by atoms with van der Waals surface area (Å²) in [7, 11) is 1.51. The van der Waals surface area contributed by atoms with Crippen LogP contribution in [0.1, 0.15) is 12.5 Å². The van der Waals surface area contributed by atoms with Crippen LogP contribution in [0.5, 0.6) is 11.5 Å². The van der Waals surface area contributed by atoms with Gasteiger partial charge in [-0.2, -0.15) is 0 Å². The molecule has 0 saturated carbocycles. The van der Waals surface area contributed by atoms with Crippen molar-refractivity contribution in [2.45, 2.75) is 20.0 Å². The molecule has 0 saturated heterocycles. The highest BCUT2D eigenvalue weighted by Crippen LogP contribution is 2.23. The van der Waals surface area contributed by atoms with Crippen molar-refractivity contribution in [1.29, 1.82) is 0 Å². The van der Waals surface area contributed by atoms with Crippen LogP contribution in [0.25, 0.3) is 10.2 Å². The molecule has 1 N–H and O–H groups in total. The lowest BCUT2D eigenvalue weighted by molar-refractivity contribution is -0.116. The normalized spacial score (nSPS) is 10.8. The van der Waals surface area contributed by atoms with Crippen LogP contribution < -0.4 is 26.0 Å². The number of ether oxygens (including phenoxy) is 2. The van der Waals surface area contributed by atoms with Crippen LogP contribution in [-0.4, -0.2) is 28.8 Å². The van der Waals surface area contributed by atoms with Gasteiger partial charge in [0.2, 0.25) is 5.91 Å². The van der Waals surface area contributed by atoms with Gasteiger partial charge in [-0.15, -0.1) is 11.3 Å². The molecule has 0 aliphatic heterocycles. The third-order valence-corrected chi connectivity index (χ3v) is 5.96. The summed E-state index contributed by atoms with van der Waals surface area (Å²) >= 11 is 1.24. The smallest absolute Gasteiger partial charge is 0.332 e. The standard InChI is InChI=1S/C24H23N3O5S/c1-3-32-17-8-6-7-16(13-17)14-27-23(29)22-19(11-12-33-22)26(24(27)30)15-21(28)25-18-9-4-5-10-20(18)31-2/h4-13H,3,14-15H2,1-2H3,(H,25,28). The van der Waals surface area contributed by atoms with E-state index in [4.69, 9.17) is 9.47 Å². The van der Waals surface area contributed by atoms with E-state index in [-0.39, 0.29) is 18.6 Å². The van der Waals surface area contributed by atoms with Crippen molar-refractivity contribution < 1.29 is 14.3 Å². The van der Waals surface area contributed by atoms with Crippen LogP contribution in [0.4, 0.5) is 5.69 Å². The molecule has 0 aliphatic carbocycles. The first-order chi connectivity index (χ1) is 16.0. The minimum absolute atomic E-state index is 0.0700. The zero-order valence-electron chi connectivity index (χ0n) is 18.2. The van der Waals surface area contributed by atoms with E-state index in [1.165, 1.54) is 23.0 Å². The van der Waals surface area contributed by atoms with Crippen molar-refractivity contribution in [3.8, 4) is 11.5 Å². The number of amides is 1. The van der Waals surface area contributed by atoms with Crippen molar-refractivity contribution in [3.05, 3.63) is 86.4 Å². The number of nitrogens with one attached hydrogen (secondary N) is 1. The maximum Gasteiger partial charge on any atom is 0.332 e. The van der Waals surface area contributed by atoms with Crippen molar-refractivity contribution in [1.82, 2.24) is 9.13 Å². The third-order valence-electron chi connectivity index (χ3n) is 5.07. The van der Waals surface area contributed by atoms with E-state index < -0.39 is 11.6 Å². The lowest BCUT2D eigenvalue weighted by atomic mass is 10.2. The average molecular weight is 466 g/mol. The topological polar surface area (TPSA) is 91.6 Å². The fourth-order valence-corrected chi connectivity index (χ4v) is 4.43. The summed E-state index contributed by atoms with van der Waals surface area (Å²) in [5.41, 5.74) is 0.752. The fraction of sp³-hybridized carbons (Fsp3) is 0.208. The van der Waals surface area contributed by atoms with Crippen LogP contribution in [0.15, 0.2) is 69.6 Å². The van der Waals surface area contributed by atoms with Gasteiger partial charge < -0.3 is 14.8 Å². The Bertz CT molecular complexity index is 1420. The molecule has 0 aliphatic rings.